The zero-order valence-corrected chi connectivity index (χ0v) is 6.74. The molecule has 5 nitrogen and oxygen atoms in total. The number of rotatable bonds is 2. The van der Waals surface area contributed by atoms with Crippen molar-refractivity contribution in [2.45, 2.75) is 6.54 Å². The second-order valence-corrected chi connectivity index (χ2v) is 2.40. The summed E-state index contributed by atoms with van der Waals surface area (Å²) in [5, 5.41) is 12.3. The van der Waals surface area contributed by atoms with Gasteiger partial charge in [-0.1, -0.05) is 0 Å². The van der Waals surface area contributed by atoms with Crippen LogP contribution in [-0.2, 0) is 6.54 Å². The van der Waals surface area contributed by atoms with Crippen LogP contribution in [0.15, 0.2) is 4.73 Å². The standard InChI is InChI=1S/C4H7BrN4O/c5-3-7-4(6)8-9(3)1-2-10/h10H,1-2H2,(H2,6,8). The SMILES string of the molecule is Nc1nc(Br)n(CCO)n1. The molecular formula is C4H7BrN4O. The smallest absolute Gasteiger partial charge is 0.240 e. The maximum absolute atomic E-state index is 8.50. The molecule has 0 aromatic carbocycles. The van der Waals surface area contributed by atoms with Crippen LogP contribution in [0.4, 0.5) is 5.95 Å². The van der Waals surface area contributed by atoms with Crippen molar-refractivity contribution < 1.29 is 5.11 Å². The van der Waals surface area contributed by atoms with Crippen molar-refractivity contribution >= 4 is 21.9 Å². The van der Waals surface area contributed by atoms with E-state index in [1.54, 1.807) is 0 Å². The molecule has 1 aromatic heterocycles. The lowest BCUT2D eigenvalue weighted by atomic mass is 10.7. The Balaban J connectivity index is 2.81. The number of aliphatic hydroxyl groups is 1. The first-order chi connectivity index (χ1) is 4.74. The molecule has 0 saturated carbocycles. The van der Waals surface area contributed by atoms with E-state index in [-0.39, 0.29) is 12.6 Å². The molecule has 0 bridgehead atoms. The molecule has 0 unspecified atom stereocenters. The van der Waals surface area contributed by atoms with Gasteiger partial charge in [0.25, 0.3) is 0 Å². The summed E-state index contributed by atoms with van der Waals surface area (Å²) in [4.78, 5) is 3.76. The van der Waals surface area contributed by atoms with Gasteiger partial charge in [-0.15, -0.1) is 5.10 Å². The van der Waals surface area contributed by atoms with Gasteiger partial charge in [0.1, 0.15) is 0 Å². The van der Waals surface area contributed by atoms with E-state index in [2.05, 4.69) is 26.0 Å². The molecular weight excluding hydrogens is 200 g/mol. The number of nitrogens with two attached hydrogens (primary N) is 1. The zero-order chi connectivity index (χ0) is 7.56. The van der Waals surface area contributed by atoms with Gasteiger partial charge in [-0.2, -0.15) is 4.98 Å². The molecule has 0 aliphatic heterocycles. The third kappa shape index (κ3) is 1.45. The lowest BCUT2D eigenvalue weighted by molar-refractivity contribution is 0.268. The topological polar surface area (TPSA) is 77.0 Å². The summed E-state index contributed by atoms with van der Waals surface area (Å²) < 4.78 is 2.02. The molecule has 3 N–H and O–H groups in total. The minimum absolute atomic E-state index is 0.0292. The van der Waals surface area contributed by atoms with Crippen molar-refractivity contribution in [1.82, 2.24) is 14.8 Å². The minimum Gasteiger partial charge on any atom is -0.394 e. The van der Waals surface area contributed by atoms with Crippen molar-refractivity contribution in [3.63, 3.8) is 0 Å². The fraction of sp³-hybridized carbons (Fsp3) is 0.500. The van der Waals surface area contributed by atoms with E-state index in [4.69, 9.17) is 10.8 Å². The predicted molar refractivity (Wildman–Crippen MR) is 39.2 cm³/mol. The third-order valence-corrected chi connectivity index (χ3v) is 1.54. The Morgan fingerprint density at radius 3 is 2.80 bits per heavy atom. The molecule has 0 aliphatic carbocycles. The lowest BCUT2D eigenvalue weighted by Crippen LogP contribution is -2.04. The molecule has 6 heteroatoms. The van der Waals surface area contributed by atoms with Crippen LogP contribution < -0.4 is 5.73 Å². The van der Waals surface area contributed by atoms with E-state index in [0.717, 1.165) is 0 Å². The van der Waals surface area contributed by atoms with E-state index in [9.17, 15) is 0 Å². The summed E-state index contributed by atoms with van der Waals surface area (Å²) in [7, 11) is 0. The highest BCUT2D eigenvalue weighted by molar-refractivity contribution is 9.10. The minimum atomic E-state index is 0.0292. The van der Waals surface area contributed by atoms with E-state index >= 15 is 0 Å². The van der Waals surface area contributed by atoms with Crippen LogP contribution in [-0.4, -0.2) is 26.5 Å². The van der Waals surface area contributed by atoms with Crippen molar-refractivity contribution in [1.29, 1.82) is 0 Å². The molecule has 0 radical (unpaired) electrons. The number of aliphatic hydroxyl groups excluding tert-OH is 1. The largest absolute Gasteiger partial charge is 0.394 e. The number of hydrogen-bond donors (Lipinski definition) is 2. The number of halogens is 1. The first-order valence-electron chi connectivity index (χ1n) is 2.70. The van der Waals surface area contributed by atoms with Crippen molar-refractivity contribution in [3.05, 3.63) is 4.73 Å². The second-order valence-electron chi connectivity index (χ2n) is 1.69. The summed E-state index contributed by atoms with van der Waals surface area (Å²) in [5.41, 5.74) is 5.26. The first-order valence-corrected chi connectivity index (χ1v) is 3.50. The molecule has 0 saturated heterocycles. The maximum atomic E-state index is 8.50. The molecule has 0 amide bonds. The van der Waals surface area contributed by atoms with Gasteiger partial charge in [0.2, 0.25) is 5.95 Å². The quantitative estimate of drug-likeness (QED) is 0.692. The van der Waals surface area contributed by atoms with Gasteiger partial charge in [0, 0.05) is 0 Å². The first kappa shape index (κ1) is 7.49. The van der Waals surface area contributed by atoms with Crippen LogP contribution >= 0.6 is 15.9 Å². The van der Waals surface area contributed by atoms with Gasteiger partial charge in [0.15, 0.2) is 4.73 Å². The Morgan fingerprint density at radius 1 is 1.70 bits per heavy atom. The average molecular weight is 207 g/mol. The lowest BCUT2D eigenvalue weighted by Gasteiger charge is -1.94. The fourth-order valence-electron chi connectivity index (χ4n) is 0.577. The van der Waals surface area contributed by atoms with Crippen molar-refractivity contribution in [3.8, 4) is 0 Å². The van der Waals surface area contributed by atoms with Crippen molar-refractivity contribution in [2.24, 2.45) is 0 Å². The molecule has 1 rings (SSSR count). The van der Waals surface area contributed by atoms with E-state index in [0.29, 0.717) is 11.3 Å². The molecule has 0 aliphatic rings. The normalized spacial score (nSPS) is 10.2. The molecule has 1 aromatic rings. The van der Waals surface area contributed by atoms with Crippen LogP contribution in [0, 0.1) is 0 Å². The Kier molecular flexibility index (Phi) is 2.23. The van der Waals surface area contributed by atoms with Gasteiger partial charge in [-0.3, -0.25) is 0 Å². The van der Waals surface area contributed by atoms with Gasteiger partial charge in [-0.25, -0.2) is 4.68 Å². The van der Waals surface area contributed by atoms with E-state index < -0.39 is 0 Å². The van der Waals surface area contributed by atoms with E-state index in [1.807, 2.05) is 0 Å². The summed E-state index contributed by atoms with van der Waals surface area (Å²) in [6.07, 6.45) is 0. The highest BCUT2D eigenvalue weighted by Gasteiger charge is 2.01. The second kappa shape index (κ2) is 2.98. The van der Waals surface area contributed by atoms with Crippen molar-refractivity contribution in [2.75, 3.05) is 12.3 Å². The number of hydrogen-bond acceptors (Lipinski definition) is 4. The predicted octanol–water partition coefficient (Wildman–Crippen LogP) is -0.385. The molecule has 10 heavy (non-hydrogen) atoms. The zero-order valence-electron chi connectivity index (χ0n) is 5.16. The summed E-state index contributed by atoms with van der Waals surface area (Å²) in [6.45, 7) is 0.437. The highest BCUT2D eigenvalue weighted by Crippen LogP contribution is 2.06. The Hall–Kier alpha value is -0.620. The third-order valence-electron chi connectivity index (χ3n) is 0.955. The molecule has 56 valence electrons. The van der Waals surface area contributed by atoms with Gasteiger partial charge in [-0.05, 0) is 15.9 Å². The van der Waals surface area contributed by atoms with Gasteiger partial charge >= 0.3 is 0 Å². The Bertz CT molecular complexity index is 223. The molecule has 1 heterocycles. The molecule has 0 spiro atoms. The van der Waals surface area contributed by atoms with Crippen LogP contribution in [0.1, 0.15) is 0 Å². The fourth-order valence-corrected chi connectivity index (χ4v) is 1.01. The van der Waals surface area contributed by atoms with Crippen LogP contribution in [0.5, 0.6) is 0 Å². The summed E-state index contributed by atoms with van der Waals surface area (Å²) in [5.74, 6) is 0.209. The maximum Gasteiger partial charge on any atom is 0.240 e. The number of nitrogens with zero attached hydrogens (tertiary/aromatic N) is 3. The van der Waals surface area contributed by atoms with E-state index in [1.165, 1.54) is 4.68 Å². The summed E-state index contributed by atoms with van der Waals surface area (Å²) in [6, 6.07) is 0. The van der Waals surface area contributed by atoms with Crippen LogP contribution in [0.25, 0.3) is 0 Å². The monoisotopic (exact) mass is 206 g/mol. The van der Waals surface area contributed by atoms with Crippen LogP contribution in [0.3, 0.4) is 0 Å². The van der Waals surface area contributed by atoms with Gasteiger partial charge < -0.3 is 10.8 Å². The van der Waals surface area contributed by atoms with Crippen LogP contribution in [0.2, 0.25) is 0 Å². The number of nitrogen functional groups attached to an aromatic ring is 1. The van der Waals surface area contributed by atoms with Gasteiger partial charge in [0.05, 0.1) is 13.2 Å². The molecule has 0 atom stereocenters. The molecule has 0 fully saturated rings. The summed E-state index contributed by atoms with van der Waals surface area (Å²) >= 11 is 3.12. The number of aromatic nitrogens is 3. The highest BCUT2D eigenvalue weighted by atomic mass is 79.9. The number of anilines is 1. The Morgan fingerprint density at radius 2 is 2.40 bits per heavy atom. The Labute approximate surface area is 66.0 Å². The average Bonchev–Trinajstić information content (AvgIpc) is 2.13.